The van der Waals surface area contributed by atoms with Crippen molar-refractivity contribution in [1.82, 2.24) is 4.98 Å². The lowest BCUT2D eigenvalue weighted by Gasteiger charge is -2.29. The molecule has 1 heterocycles. The fraction of sp³-hybridized carbons (Fsp3) is 0.667. The summed E-state index contributed by atoms with van der Waals surface area (Å²) in [6, 6.07) is 4.16. The second kappa shape index (κ2) is 5.63. The monoisotopic (exact) mass is 233 g/mol. The minimum absolute atomic E-state index is 0.223. The fourth-order valence-corrected chi connectivity index (χ4v) is 2.76. The second-order valence-corrected chi connectivity index (χ2v) is 5.36. The molecule has 0 radical (unpaired) electrons. The van der Waals surface area contributed by atoms with Crippen molar-refractivity contribution >= 4 is 0 Å². The number of aliphatic hydroxyl groups excluding tert-OH is 1. The van der Waals surface area contributed by atoms with Crippen LogP contribution in [0.5, 0.6) is 0 Å². The van der Waals surface area contributed by atoms with Gasteiger partial charge in [-0.2, -0.15) is 0 Å². The molecule has 1 aromatic heterocycles. The van der Waals surface area contributed by atoms with E-state index in [9.17, 15) is 5.11 Å². The van der Waals surface area contributed by atoms with Gasteiger partial charge in [0, 0.05) is 17.8 Å². The predicted octanol–water partition coefficient (Wildman–Crippen LogP) is 3.30. The number of aryl methyl sites for hydroxylation is 1. The van der Waals surface area contributed by atoms with Crippen molar-refractivity contribution in [3.8, 4) is 0 Å². The molecule has 17 heavy (non-hydrogen) atoms. The highest BCUT2D eigenvalue weighted by Crippen LogP contribution is 2.34. The summed E-state index contributed by atoms with van der Waals surface area (Å²) in [7, 11) is 0. The highest BCUT2D eigenvalue weighted by atomic mass is 16.3. The summed E-state index contributed by atoms with van der Waals surface area (Å²) in [5, 5.41) is 10.4. The Hall–Kier alpha value is -0.890. The van der Waals surface area contributed by atoms with Crippen molar-refractivity contribution in [2.45, 2.75) is 58.0 Å². The predicted molar refractivity (Wildman–Crippen MR) is 70.0 cm³/mol. The molecule has 1 aliphatic rings. The molecule has 0 spiro atoms. The largest absolute Gasteiger partial charge is 0.392 e. The van der Waals surface area contributed by atoms with Gasteiger partial charge < -0.3 is 5.11 Å². The Bertz CT molecular complexity index is 364. The van der Waals surface area contributed by atoms with Crippen molar-refractivity contribution in [1.29, 1.82) is 0 Å². The summed E-state index contributed by atoms with van der Waals surface area (Å²) >= 11 is 0. The van der Waals surface area contributed by atoms with Crippen molar-refractivity contribution in [3.05, 3.63) is 29.6 Å². The Balaban J connectivity index is 2.12. The average molecular weight is 233 g/mol. The summed E-state index contributed by atoms with van der Waals surface area (Å²) in [4.78, 5) is 4.49. The van der Waals surface area contributed by atoms with Crippen molar-refractivity contribution in [3.63, 3.8) is 0 Å². The van der Waals surface area contributed by atoms with Crippen LogP contribution < -0.4 is 0 Å². The van der Waals surface area contributed by atoms with Crippen LogP contribution in [0.1, 0.15) is 56.7 Å². The lowest BCUT2D eigenvalue weighted by Crippen LogP contribution is -2.25. The van der Waals surface area contributed by atoms with Crippen LogP contribution >= 0.6 is 0 Å². The lowest BCUT2D eigenvalue weighted by atomic mass is 9.80. The molecule has 0 aliphatic heterocycles. The number of rotatable bonds is 4. The molecule has 0 fully saturated rings. The molecule has 0 aromatic carbocycles. The molecule has 1 N–H and O–H groups in total. The van der Waals surface area contributed by atoms with Gasteiger partial charge in [0.25, 0.3) is 0 Å². The third kappa shape index (κ3) is 2.86. The SMILES string of the molecule is CCC(C)CC(O)C1CCCc2cccnc21. The van der Waals surface area contributed by atoms with Crippen LogP contribution in [-0.2, 0) is 6.42 Å². The molecular formula is C15H23NO. The van der Waals surface area contributed by atoms with E-state index in [0.717, 1.165) is 31.4 Å². The summed E-state index contributed by atoms with van der Waals surface area (Å²) in [5.74, 6) is 0.855. The first kappa shape index (κ1) is 12.6. The van der Waals surface area contributed by atoms with Gasteiger partial charge in [0.2, 0.25) is 0 Å². The fourth-order valence-electron chi connectivity index (χ4n) is 2.76. The third-order valence-corrected chi connectivity index (χ3v) is 4.04. The highest BCUT2D eigenvalue weighted by molar-refractivity contribution is 5.26. The molecule has 0 amide bonds. The normalized spacial score (nSPS) is 22.9. The lowest BCUT2D eigenvalue weighted by molar-refractivity contribution is 0.106. The number of hydrogen-bond acceptors (Lipinski definition) is 2. The van der Waals surface area contributed by atoms with Crippen LogP contribution in [0.3, 0.4) is 0 Å². The summed E-state index contributed by atoms with van der Waals surface area (Å²) in [6.07, 6.45) is 7.06. The van der Waals surface area contributed by atoms with E-state index in [1.807, 2.05) is 12.3 Å². The van der Waals surface area contributed by atoms with Crippen molar-refractivity contribution in [2.24, 2.45) is 5.92 Å². The van der Waals surface area contributed by atoms with Gasteiger partial charge in [0.05, 0.1) is 6.10 Å². The van der Waals surface area contributed by atoms with Gasteiger partial charge in [0.15, 0.2) is 0 Å². The maximum absolute atomic E-state index is 10.4. The summed E-state index contributed by atoms with van der Waals surface area (Å²) in [6.45, 7) is 4.40. The molecule has 1 aliphatic carbocycles. The van der Waals surface area contributed by atoms with Crippen LogP contribution in [0, 0.1) is 5.92 Å². The van der Waals surface area contributed by atoms with E-state index in [0.29, 0.717) is 5.92 Å². The van der Waals surface area contributed by atoms with Crippen LogP contribution in [0.4, 0.5) is 0 Å². The van der Waals surface area contributed by atoms with E-state index in [2.05, 4.69) is 24.9 Å². The van der Waals surface area contributed by atoms with Crippen molar-refractivity contribution < 1.29 is 5.11 Å². The molecule has 3 unspecified atom stereocenters. The van der Waals surface area contributed by atoms with E-state index in [1.165, 1.54) is 12.0 Å². The number of pyridine rings is 1. The zero-order chi connectivity index (χ0) is 12.3. The minimum Gasteiger partial charge on any atom is -0.392 e. The third-order valence-electron chi connectivity index (χ3n) is 4.04. The molecule has 3 atom stereocenters. The van der Waals surface area contributed by atoms with Gasteiger partial charge in [-0.25, -0.2) is 0 Å². The molecule has 2 heteroatoms. The molecule has 0 bridgehead atoms. The molecular weight excluding hydrogens is 210 g/mol. The van der Waals surface area contributed by atoms with Crippen LogP contribution in [0.15, 0.2) is 18.3 Å². The zero-order valence-electron chi connectivity index (χ0n) is 10.9. The van der Waals surface area contributed by atoms with E-state index in [1.54, 1.807) is 0 Å². The molecule has 94 valence electrons. The number of hydrogen-bond donors (Lipinski definition) is 1. The van der Waals surface area contributed by atoms with Crippen LogP contribution in [0.25, 0.3) is 0 Å². The van der Waals surface area contributed by atoms with Gasteiger partial charge in [-0.3, -0.25) is 4.98 Å². The Kier molecular flexibility index (Phi) is 4.16. The zero-order valence-corrected chi connectivity index (χ0v) is 10.9. The Morgan fingerprint density at radius 2 is 2.35 bits per heavy atom. The standard InChI is InChI=1S/C15H23NO/c1-3-11(2)10-14(17)13-8-4-6-12-7-5-9-16-15(12)13/h5,7,9,11,13-14,17H,3-4,6,8,10H2,1-2H3. The Morgan fingerprint density at radius 3 is 3.12 bits per heavy atom. The van der Waals surface area contributed by atoms with E-state index < -0.39 is 0 Å². The van der Waals surface area contributed by atoms with Crippen molar-refractivity contribution in [2.75, 3.05) is 0 Å². The molecule has 0 saturated carbocycles. The number of nitrogens with zero attached hydrogens (tertiary/aromatic N) is 1. The molecule has 2 nitrogen and oxygen atoms in total. The first-order valence-electron chi connectivity index (χ1n) is 6.84. The van der Waals surface area contributed by atoms with Crippen LogP contribution in [0.2, 0.25) is 0 Å². The van der Waals surface area contributed by atoms with Crippen LogP contribution in [-0.4, -0.2) is 16.2 Å². The highest BCUT2D eigenvalue weighted by Gasteiger charge is 2.28. The summed E-state index contributed by atoms with van der Waals surface area (Å²) in [5.41, 5.74) is 2.49. The van der Waals surface area contributed by atoms with E-state index in [4.69, 9.17) is 0 Å². The minimum atomic E-state index is -0.223. The van der Waals surface area contributed by atoms with Gasteiger partial charge in [-0.1, -0.05) is 26.3 Å². The van der Waals surface area contributed by atoms with Gasteiger partial charge in [-0.05, 0) is 43.2 Å². The number of aromatic nitrogens is 1. The summed E-state index contributed by atoms with van der Waals surface area (Å²) < 4.78 is 0. The second-order valence-electron chi connectivity index (χ2n) is 5.36. The topological polar surface area (TPSA) is 33.1 Å². The molecule has 2 rings (SSSR count). The first-order chi connectivity index (χ1) is 8.22. The molecule has 1 aromatic rings. The number of fused-ring (bicyclic) bond motifs is 1. The first-order valence-corrected chi connectivity index (χ1v) is 6.84. The smallest absolute Gasteiger partial charge is 0.0626 e. The van der Waals surface area contributed by atoms with E-state index >= 15 is 0 Å². The van der Waals surface area contributed by atoms with Gasteiger partial charge in [-0.15, -0.1) is 0 Å². The quantitative estimate of drug-likeness (QED) is 0.865. The Labute approximate surface area is 104 Å². The maximum atomic E-state index is 10.4. The van der Waals surface area contributed by atoms with Gasteiger partial charge in [0.1, 0.15) is 0 Å². The van der Waals surface area contributed by atoms with Gasteiger partial charge >= 0.3 is 0 Å². The Morgan fingerprint density at radius 1 is 1.53 bits per heavy atom. The number of aliphatic hydroxyl groups is 1. The van der Waals surface area contributed by atoms with E-state index in [-0.39, 0.29) is 12.0 Å². The molecule has 0 saturated heterocycles. The average Bonchev–Trinajstić information content (AvgIpc) is 2.37. The maximum Gasteiger partial charge on any atom is 0.0626 e.